The second-order valence-electron chi connectivity index (χ2n) is 5.32. The van der Waals surface area contributed by atoms with Crippen molar-refractivity contribution in [2.75, 3.05) is 6.61 Å². The lowest BCUT2D eigenvalue weighted by molar-refractivity contribution is 0.0977. The fraction of sp³-hybridized carbons (Fsp3) is 0.538. The molecule has 0 unspecified atom stereocenters. The van der Waals surface area contributed by atoms with Gasteiger partial charge in [-0.15, -0.1) is 0 Å². The van der Waals surface area contributed by atoms with Crippen molar-refractivity contribution in [2.45, 2.75) is 33.0 Å². The van der Waals surface area contributed by atoms with Gasteiger partial charge in [0, 0.05) is 16.1 Å². The van der Waals surface area contributed by atoms with Crippen LogP contribution in [0.15, 0.2) is 28.7 Å². The van der Waals surface area contributed by atoms with Crippen LogP contribution >= 0.6 is 15.9 Å². The Morgan fingerprint density at radius 2 is 2.00 bits per heavy atom. The number of benzene rings is 1. The molecule has 1 aromatic carbocycles. The number of rotatable bonds is 1. The fourth-order valence-electron chi connectivity index (χ4n) is 1.84. The zero-order valence-electron chi connectivity index (χ0n) is 9.96. The number of ether oxygens (including phenoxy) is 1. The molecule has 0 bridgehead atoms. The topological polar surface area (TPSA) is 21.3 Å². The summed E-state index contributed by atoms with van der Waals surface area (Å²) in [6.45, 7) is 7.47. The van der Waals surface area contributed by atoms with E-state index in [1.54, 1.807) is 0 Å². The van der Waals surface area contributed by atoms with Gasteiger partial charge >= 0.3 is 0 Å². The van der Waals surface area contributed by atoms with Gasteiger partial charge in [0.1, 0.15) is 6.23 Å². The number of hydrogen-bond donors (Lipinski definition) is 1. The van der Waals surface area contributed by atoms with Crippen molar-refractivity contribution in [1.29, 1.82) is 0 Å². The highest BCUT2D eigenvalue weighted by molar-refractivity contribution is 9.10. The summed E-state index contributed by atoms with van der Waals surface area (Å²) in [4.78, 5) is 0. The van der Waals surface area contributed by atoms with Gasteiger partial charge in [-0.3, -0.25) is 5.32 Å². The first-order valence-electron chi connectivity index (χ1n) is 5.60. The zero-order valence-corrected chi connectivity index (χ0v) is 11.5. The van der Waals surface area contributed by atoms with Crippen LogP contribution in [0.25, 0.3) is 0 Å². The van der Waals surface area contributed by atoms with E-state index in [2.05, 4.69) is 48.1 Å². The minimum atomic E-state index is 0.0137. The first-order chi connectivity index (χ1) is 7.48. The average Bonchev–Trinajstić information content (AvgIpc) is 2.66. The normalized spacial score (nSPS) is 26.0. The Balaban J connectivity index is 2.13. The predicted molar refractivity (Wildman–Crippen MR) is 69.2 cm³/mol. The molecule has 0 saturated carbocycles. The molecule has 0 aromatic heterocycles. The van der Waals surface area contributed by atoms with E-state index >= 15 is 0 Å². The molecule has 3 heteroatoms. The number of nitrogens with one attached hydrogen (secondary N) is 1. The molecule has 2 nitrogen and oxygen atoms in total. The Morgan fingerprint density at radius 1 is 1.31 bits per heavy atom. The highest BCUT2D eigenvalue weighted by Gasteiger charge is 2.34. The number of halogens is 1. The van der Waals surface area contributed by atoms with Gasteiger partial charge < -0.3 is 4.74 Å². The third-order valence-corrected chi connectivity index (χ3v) is 3.74. The molecule has 1 saturated heterocycles. The molecule has 1 aromatic rings. The maximum absolute atomic E-state index is 5.82. The Morgan fingerprint density at radius 3 is 2.56 bits per heavy atom. The smallest absolute Gasteiger partial charge is 0.135 e. The largest absolute Gasteiger partial charge is 0.357 e. The van der Waals surface area contributed by atoms with E-state index in [9.17, 15) is 0 Å². The standard InChI is InChI=1S/C13H18BrNO/c1-13(2,3)11-8-16-12(15-11)9-6-4-5-7-10(9)14/h4-7,11-12,15H,8H2,1-3H3/t11-,12+/m1/s1. The van der Waals surface area contributed by atoms with Crippen LogP contribution in [0.2, 0.25) is 0 Å². The summed E-state index contributed by atoms with van der Waals surface area (Å²) in [5, 5.41) is 3.54. The van der Waals surface area contributed by atoms with E-state index in [1.807, 2.05) is 18.2 Å². The third kappa shape index (κ3) is 2.47. The Hall–Kier alpha value is -0.380. The molecule has 1 N–H and O–H groups in total. The molecule has 2 atom stereocenters. The van der Waals surface area contributed by atoms with E-state index in [4.69, 9.17) is 4.74 Å². The van der Waals surface area contributed by atoms with Crippen LogP contribution in [-0.2, 0) is 4.74 Å². The maximum Gasteiger partial charge on any atom is 0.135 e. The monoisotopic (exact) mass is 283 g/mol. The van der Waals surface area contributed by atoms with E-state index in [1.165, 1.54) is 5.56 Å². The van der Waals surface area contributed by atoms with Gasteiger partial charge in [0.05, 0.1) is 6.61 Å². The van der Waals surface area contributed by atoms with E-state index in [0.717, 1.165) is 11.1 Å². The van der Waals surface area contributed by atoms with Crippen LogP contribution in [0.1, 0.15) is 32.6 Å². The van der Waals surface area contributed by atoms with Crippen molar-refractivity contribution in [3.05, 3.63) is 34.3 Å². The van der Waals surface area contributed by atoms with Crippen molar-refractivity contribution in [3.63, 3.8) is 0 Å². The molecular weight excluding hydrogens is 266 g/mol. The second-order valence-corrected chi connectivity index (χ2v) is 6.17. The van der Waals surface area contributed by atoms with Crippen LogP contribution in [0, 0.1) is 5.41 Å². The van der Waals surface area contributed by atoms with Crippen molar-refractivity contribution in [1.82, 2.24) is 5.32 Å². The van der Waals surface area contributed by atoms with Crippen LogP contribution in [-0.4, -0.2) is 12.6 Å². The lowest BCUT2D eigenvalue weighted by atomic mass is 9.88. The summed E-state index contributed by atoms with van der Waals surface area (Å²) in [6, 6.07) is 8.60. The lowest BCUT2D eigenvalue weighted by Crippen LogP contribution is -2.37. The molecule has 88 valence electrons. The Bertz CT molecular complexity index is 372. The lowest BCUT2D eigenvalue weighted by Gasteiger charge is -2.26. The van der Waals surface area contributed by atoms with Gasteiger partial charge in [0.25, 0.3) is 0 Å². The Labute approximate surface area is 106 Å². The third-order valence-electron chi connectivity index (χ3n) is 3.02. The van der Waals surface area contributed by atoms with E-state index in [0.29, 0.717) is 6.04 Å². The minimum Gasteiger partial charge on any atom is -0.357 e. The van der Waals surface area contributed by atoms with Crippen LogP contribution in [0.3, 0.4) is 0 Å². The van der Waals surface area contributed by atoms with Crippen LogP contribution in [0.4, 0.5) is 0 Å². The first kappa shape index (κ1) is 12.1. The highest BCUT2D eigenvalue weighted by atomic mass is 79.9. The molecule has 16 heavy (non-hydrogen) atoms. The second kappa shape index (κ2) is 4.47. The van der Waals surface area contributed by atoms with Gasteiger partial charge in [-0.1, -0.05) is 54.9 Å². The van der Waals surface area contributed by atoms with Gasteiger partial charge in [-0.2, -0.15) is 0 Å². The molecule has 1 aliphatic rings. The molecule has 1 fully saturated rings. The van der Waals surface area contributed by atoms with Crippen LogP contribution < -0.4 is 5.32 Å². The van der Waals surface area contributed by atoms with E-state index in [-0.39, 0.29) is 11.6 Å². The Kier molecular flexibility index (Phi) is 3.38. The van der Waals surface area contributed by atoms with E-state index < -0.39 is 0 Å². The molecule has 2 rings (SSSR count). The van der Waals surface area contributed by atoms with Gasteiger partial charge in [-0.25, -0.2) is 0 Å². The molecule has 0 aliphatic carbocycles. The molecular formula is C13H18BrNO. The predicted octanol–water partition coefficient (Wildman–Crippen LogP) is 3.48. The average molecular weight is 284 g/mol. The molecule has 0 radical (unpaired) electrons. The summed E-state index contributed by atoms with van der Waals surface area (Å²) in [5.41, 5.74) is 1.41. The van der Waals surface area contributed by atoms with Crippen LogP contribution in [0.5, 0.6) is 0 Å². The first-order valence-corrected chi connectivity index (χ1v) is 6.40. The summed E-state index contributed by atoms with van der Waals surface area (Å²) in [5.74, 6) is 0. The fourth-order valence-corrected chi connectivity index (χ4v) is 2.33. The molecule has 1 aliphatic heterocycles. The highest BCUT2D eigenvalue weighted by Crippen LogP contribution is 2.32. The summed E-state index contributed by atoms with van der Waals surface area (Å²) in [7, 11) is 0. The summed E-state index contributed by atoms with van der Waals surface area (Å²) in [6.07, 6.45) is 0.0137. The summed E-state index contributed by atoms with van der Waals surface area (Å²) >= 11 is 3.56. The quantitative estimate of drug-likeness (QED) is 0.852. The minimum absolute atomic E-state index is 0.0137. The van der Waals surface area contributed by atoms with Crippen molar-refractivity contribution >= 4 is 15.9 Å². The summed E-state index contributed by atoms with van der Waals surface area (Å²) < 4.78 is 6.92. The molecule has 1 heterocycles. The number of hydrogen-bond acceptors (Lipinski definition) is 2. The van der Waals surface area contributed by atoms with Gasteiger partial charge in [0.15, 0.2) is 0 Å². The SMILES string of the molecule is CC(C)(C)[C@H]1CO[C@@H](c2ccccc2Br)N1. The zero-order chi connectivity index (χ0) is 11.8. The van der Waals surface area contributed by atoms with Gasteiger partial charge in [-0.05, 0) is 11.5 Å². The van der Waals surface area contributed by atoms with Crippen molar-refractivity contribution in [2.24, 2.45) is 5.41 Å². The molecule has 0 spiro atoms. The van der Waals surface area contributed by atoms with Gasteiger partial charge in [0.2, 0.25) is 0 Å². The van der Waals surface area contributed by atoms with Crippen molar-refractivity contribution in [3.8, 4) is 0 Å². The molecule has 0 amide bonds. The maximum atomic E-state index is 5.82. The van der Waals surface area contributed by atoms with Crippen molar-refractivity contribution < 1.29 is 4.74 Å².